The van der Waals surface area contributed by atoms with E-state index >= 15 is 0 Å². The first-order valence-corrected chi connectivity index (χ1v) is 6.69. The molecular weight excluding hydrogens is 248 g/mol. The summed E-state index contributed by atoms with van der Waals surface area (Å²) in [6.07, 6.45) is 3.52. The molecule has 1 heterocycles. The van der Waals surface area contributed by atoms with Crippen LogP contribution in [0.25, 0.3) is 0 Å². The SMILES string of the molecule is CCC(C(N)=S)S(=O)(=O)NCc1ncc[nH]1. The highest BCUT2D eigenvalue weighted by atomic mass is 32.2. The van der Waals surface area contributed by atoms with Crippen molar-refractivity contribution in [1.82, 2.24) is 14.7 Å². The number of sulfonamides is 1. The molecule has 0 aromatic carbocycles. The third kappa shape index (κ3) is 3.26. The maximum absolute atomic E-state index is 11.8. The predicted molar refractivity (Wildman–Crippen MR) is 65.2 cm³/mol. The lowest BCUT2D eigenvalue weighted by Gasteiger charge is -2.14. The van der Waals surface area contributed by atoms with Gasteiger partial charge in [0, 0.05) is 12.4 Å². The van der Waals surface area contributed by atoms with Crippen LogP contribution in [-0.2, 0) is 16.6 Å². The van der Waals surface area contributed by atoms with Crippen LogP contribution in [0.2, 0.25) is 0 Å². The smallest absolute Gasteiger partial charge is 0.221 e. The fraction of sp³-hybridized carbons (Fsp3) is 0.500. The summed E-state index contributed by atoms with van der Waals surface area (Å²) < 4.78 is 26.0. The molecule has 1 aromatic rings. The molecule has 8 heteroatoms. The van der Waals surface area contributed by atoms with Crippen LogP contribution < -0.4 is 10.5 Å². The number of imidazole rings is 1. The summed E-state index contributed by atoms with van der Waals surface area (Å²) >= 11 is 4.71. The number of aromatic amines is 1. The normalized spacial score (nSPS) is 13.6. The Balaban J connectivity index is 2.67. The first-order valence-electron chi connectivity index (χ1n) is 4.73. The van der Waals surface area contributed by atoms with Gasteiger partial charge in [0.05, 0.1) is 11.5 Å². The van der Waals surface area contributed by atoms with Crippen LogP contribution in [0.3, 0.4) is 0 Å². The molecule has 0 aliphatic heterocycles. The highest BCUT2D eigenvalue weighted by Crippen LogP contribution is 2.05. The van der Waals surface area contributed by atoms with Crippen LogP contribution in [0.5, 0.6) is 0 Å². The fourth-order valence-corrected chi connectivity index (χ4v) is 3.07. The van der Waals surface area contributed by atoms with Crippen LogP contribution in [-0.4, -0.2) is 28.6 Å². The number of rotatable bonds is 6. The molecule has 1 atom stereocenters. The maximum atomic E-state index is 11.8. The molecule has 0 bridgehead atoms. The van der Waals surface area contributed by atoms with Gasteiger partial charge in [-0.25, -0.2) is 18.1 Å². The van der Waals surface area contributed by atoms with Crippen molar-refractivity contribution in [3.8, 4) is 0 Å². The third-order valence-electron chi connectivity index (χ3n) is 2.06. The predicted octanol–water partition coefficient (Wildman–Crippen LogP) is -0.106. The standard InChI is InChI=1S/C8H14N4O2S2/c1-2-6(8(9)15)16(13,14)12-5-7-10-3-4-11-7/h3-4,6,12H,2,5H2,1H3,(H2,9,15)(H,10,11). The van der Waals surface area contributed by atoms with Crippen LogP contribution in [0.1, 0.15) is 19.2 Å². The molecule has 0 spiro atoms. The maximum Gasteiger partial charge on any atom is 0.221 e. The van der Waals surface area contributed by atoms with Crippen LogP contribution >= 0.6 is 12.2 Å². The summed E-state index contributed by atoms with van der Waals surface area (Å²) in [5, 5.41) is -0.836. The Kier molecular flexibility index (Phi) is 4.39. The number of hydrogen-bond donors (Lipinski definition) is 3. The summed E-state index contributed by atoms with van der Waals surface area (Å²) in [5.41, 5.74) is 5.37. The molecule has 0 saturated carbocycles. The second-order valence-corrected chi connectivity index (χ2v) is 5.62. The summed E-state index contributed by atoms with van der Waals surface area (Å²) in [6, 6.07) is 0. The van der Waals surface area contributed by atoms with Crippen LogP contribution in [0, 0.1) is 0 Å². The zero-order chi connectivity index (χ0) is 12.2. The Morgan fingerprint density at radius 3 is 2.88 bits per heavy atom. The van der Waals surface area contributed by atoms with Crippen molar-refractivity contribution in [2.45, 2.75) is 25.1 Å². The van der Waals surface area contributed by atoms with E-state index in [-0.39, 0.29) is 11.5 Å². The molecule has 0 aliphatic rings. The van der Waals surface area contributed by atoms with Gasteiger partial charge in [-0.15, -0.1) is 0 Å². The Labute approximate surface area is 99.7 Å². The van der Waals surface area contributed by atoms with Crippen molar-refractivity contribution < 1.29 is 8.42 Å². The van der Waals surface area contributed by atoms with Gasteiger partial charge in [0.2, 0.25) is 10.0 Å². The quantitative estimate of drug-likeness (QED) is 0.621. The van der Waals surface area contributed by atoms with Gasteiger partial charge in [-0.1, -0.05) is 19.1 Å². The van der Waals surface area contributed by atoms with Gasteiger partial charge < -0.3 is 10.7 Å². The molecule has 90 valence electrons. The lowest BCUT2D eigenvalue weighted by molar-refractivity contribution is 0.572. The Morgan fingerprint density at radius 1 is 1.75 bits per heavy atom. The van der Waals surface area contributed by atoms with E-state index in [0.717, 1.165) is 0 Å². The van der Waals surface area contributed by atoms with E-state index in [4.69, 9.17) is 18.0 Å². The second kappa shape index (κ2) is 5.37. The summed E-state index contributed by atoms with van der Waals surface area (Å²) in [5.74, 6) is 0.543. The molecule has 0 fully saturated rings. The molecule has 0 aliphatic carbocycles. The number of H-pyrrole nitrogens is 1. The molecule has 16 heavy (non-hydrogen) atoms. The van der Waals surface area contributed by atoms with Gasteiger partial charge in [0.1, 0.15) is 11.1 Å². The molecule has 4 N–H and O–H groups in total. The number of nitrogens with one attached hydrogen (secondary N) is 2. The van der Waals surface area contributed by atoms with Gasteiger partial charge in [0.25, 0.3) is 0 Å². The largest absolute Gasteiger partial charge is 0.392 e. The summed E-state index contributed by atoms with van der Waals surface area (Å²) in [4.78, 5) is 6.68. The van der Waals surface area contributed by atoms with Crippen LogP contribution in [0.15, 0.2) is 12.4 Å². The zero-order valence-corrected chi connectivity index (χ0v) is 10.4. The minimum absolute atomic E-state index is 0.0190. The van der Waals surface area contributed by atoms with Crippen molar-refractivity contribution in [3.63, 3.8) is 0 Å². The first kappa shape index (κ1) is 13.1. The van der Waals surface area contributed by atoms with Crippen LogP contribution in [0.4, 0.5) is 0 Å². The van der Waals surface area contributed by atoms with E-state index in [1.807, 2.05) is 0 Å². The molecule has 0 radical (unpaired) electrons. The van der Waals surface area contributed by atoms with Crippen molar-refractivity contribution in [1.29, 1.82) is 0 Å². The minimum atomic E-state index is -3.52. The Bertz CT molecular complexity index is 441. The van der Waals surface area contributed by atoms with Crippen molar-refractivity contribution in [3.05, 3.63) is 18.2 Å². The zero-order valence-electron chi connectivity index (χ0n) is 8.80. The van der Waals surface area contributed by atoms with Gasteiger partial charge in [-0.2, -0.15) is 0 Å². The van der Waals surface area contributed by atoms with Gasteiger partial charge >= 0.3 is 0 Å². The molecule has 1 rings (SSSR count). The van der Waals surface area contributed by atoms with E-state index in [0.29, 0.717) is 12.2 Å². The first-order chi connectivity index (χ1) is 7.47. The number of aromatic nitrogens is 2. The lowest BCUT2D eigenvalue weighted by atomic mass is 10.3. The molecule has 0 saturated heterocycles. The average Bonchev–Trinajstić information content (AvgIpc) is 2.67. The van der Waals surface area contributed by atoms with Crippen molar-refractivity contribution in [2.75, 3.05) is 0 Å². The highest BCUT2D eigenvalue weighted by molar-refractivity contribution is 7.93. The van der Waals surface area contributed by atoms with Crippen molar-refractivity contribution >= 4 is 27.2 Å². The Morgan fingerprint density at radius 2 is 2.44 bits per heavy atom. The number of nitrogens with two attached hydrogens (primary N) is 1. The summed E-state index contributed by atoms with van der Waals surface area (Å²) in [7, 11) is -3.52. The van der Waals surface area contributed by atoms with E-state index in [2.05, 4.69) is 14.7 Å². The molecular formula is C8H14N4O2S2. The number of hydrogen-bond acceptors (Lipinski definition) is 4. The van der Waals surface area contributed by atoms with E-state index in [1.165, 1.54) is 0 Å². The third-order valence-corrected chi connectivity index (χ3v) is 4.38. The Hall–Kier alpha value is -0.990. The molecule has 1 unspecified atom stereocenters. The second-order valence-electron chi connectivity index (χ2n) is 3.20. The van der Waals surface area contributed by atoms with E-state index < -0.39 is 15.3 Å². The monoisotopic (exact) mass is 262 g/mol. The molecule has 6 nitrogen and oxygen atoms in total. The summed E-state index contributed by atoms with van der Waals surface area (Å²) in [6.45, 7) is 1.82. The number of nitrogens with zero attached hydrogens (tertiary/aromatic N) is 1. The van der Waals surface area contributed by atoms with Gasteiger partial charge in [-0.05, 0) is 6.42 Å². The van der Waals surface area contributed by atoms with E-state index in [9.17, 15) is 8.42 Å². The number of thiocarbonyl (C=S) groups is 1. The average molecular weight is 262 g/mol. The molecule has 0 amide bonds. The lowest BCUT2D eigenvalue weighted by Crippen LogP contribution is -2.41. The minimum Gasteiger partial charge on any atom is -0.392 e. The highest BCUT2D eigenvalue weighted by Gasteiger charge is 2.25. The molecule has 1 aromatic heterocycles. The van der Waals surface area contributed by atoms with E-state index in [1.54, 1.807) is 19.3 Å². The van der Waals surface area contributed by atoms with Crippen molar-refractivity contribution in [2.24, 2.45) is 5.73 Å². The van der Waals surface area contributed by atoms with Gasteiger partial charge in [-0.3, -0.25) is 0 Å². The topological polar surface area (TPSA) is 101 Å². The van der Waals surface area contributed by atoms with Gasteiger partial charge in [0.15, 0.2) is 0 Å². The fourth-order valence-electron chi connectivity index (χ4n) is 1.24.